The fourth-order valence-electron chi connectivity index (χ4n) is 4.73. The first-order valence-corrected chi connectivity index (χ1v) is 11.3. The summed E-state index contributed by atoms with van der Waals surface area (Å²) in [6.07, 6.45) is 1.83. The third-order valence-electron chi connectivity index (χ3n) is 6.33. The van der Waals surface area contributed by atoms with E-state index in [9.17, 15) is 13.6 Å². The van der Waals surface area contributed by atoms with Crippen LogP contribution in [0.4, 0.5) is 20.2 Å². The van der Waals surface area contributed by atoms with Crippen LogP contribution in [0, 0.1) is 0 Å². The smallest absolute Gasteiger partial charge is 0.262 e. The monoisotopic (exact) mass is 465 g/mol. The second kappa shape index (κ2) is 7.91. The molecule has 1 aliphatic carbocycles. The molecule has 2 heterocycles. The van der Waals surface area contributed by atoms with Crippen molar-refractivity contribution in [3.8, 4) is 0 Å². The van der Waals surface area contributed by atoms with E-state index in [0.29, 0.717) is 28.2 Å². The third kappa shape index (κ3) is 4.13. The van der Waals surface area contributed by atoms with Gasteiger partial charge in [-0.2, -0.15) is 0 Å². The molecular formula is C23H23Cl2F2N3O. The Labute approximate surface area is 190 Å². The van der Waals surface area contributed by atoms with Gasteiger partial charge in [-0.25, -0.2) is 8.78 Å². The number of amides is 1. The van der Waals surface area contributed by atoms with Gasteiger partial charge in [0.2, 0.25) is 5.91 Å². The van der Waals surface area contributed by atoms with Crippen molar-refractivity contribution >= 4 is 40.5 Å². The lowest BCUT2D eigenvalue weighted by atomic mass is 10.1. The number of fused-ring (bicyclic) bond motifs is 1. The minimum absolute atomic E-state index is 0.148. The molecule has 4 nitrogen and oxygen atoms in total. The van der Waals surface area contributed by atoms with Gasteiger partial charge in [0.25, 0.3) is 5.92 Å². The molecule has 8 heteroatoms. The first-order chi connectivity index (χ1) is 14.8. The van der Waals surface area contributed by atoms with Gasteiger partial charge < -0.3 is 9.80 Å². The zero-order chi connectivity index (χ0) is 21.8. The van der Waals surface area contributed by atoms with Crippen molar-refractivity contribution in [3.63, 3.8) is 0 Å². The first kappa shape index (κ1) is 21.0. The summed E-state index contributed by atoms with van der Waals surface area (Å²) < 4.78 is 28.9. The Morgan fingerprint density at radius 3 is 2.55 bits per heavy atom. The topological polar surface area (TPSA) is 26.8 Å². The number of likely N-dealkylation sites (tertiary alicyclic amines) is 1. The molecule has 0 aromatic heterocycles. The second-order valence-corrected chi connectivity index (χ2v) is 9.46. The molecule has 31 heavy (non-hydrogen) atoms. The quantitative estimate of drug-likeness (QED) is 0.619. The SMILES string of the molecule is O=C(C1CC(F)(F)CN1Cc1cc(Cl)ccc1Cl)N1CCN(C2CC2)c2ccccc21. The highest BCUT2D eigenvalue weighted by molar-refractivity contribution is 6.33. The van der Waals surface area contributed by atoms with Crippen LogP contribution >= 0.6 is 23.2 Å². The van der Waals surface area contributed by atoms with E-state index in [2.05, 4.69) is 4.90 Å². The predicted molar refractivity (Wildman–Crippen MR) is 119 cm³/mol. The number of anilines is 2. The Hall–Kier alpha value is -1.89. The minimum Gasteiger partial charge on any atom is -0.365 e. The normalized spacial score (nSPS) is 23.2. The number of para-hydroxylation sites is 2. The van der Waals surface area contributed by atoms with Crippen LogP contribution in [-0.4, -0.2) is 48.4 Å². The molecule has 0 N–H and O–H groups in total. The highest BCUT2D eigenvalue weighted by Crippen LogP contribution is 2.42. The lowest BCUT2D eigenvalue weighted by Gasteiger charge is -2.39. The molecule has 0 spiro atoms. The molecule has 1 amide bonds. The van der Waals surface area contributed by atoms with Gasteiger partial charge in [-0.15, -0.1) is 0 Å². The van der Waals surface area contributed by atoms with Crippen molar-refractivity contribution in [1.82, 2.24) is 4.90 Å². The molecule has 1 saturated heterocycles. The maximum atomic E-state index is 14.4. The largest absolute Gasteiger partial charge is 0.365 e. The Morgan fingerprint density at radius 2 is 1.81 bits per heavy atom. The van der Waals surface area contributed by atoms with E-state index >= 15 is 0 Å². The standard InChI is InChI=1S/C23H23Cl2F2N3O/c24-16-5-8-18(25)15(11-16)13-28-14-23(26,27)12-21(28)22(31)30-10-9-29(17-6-7-17)19-3-1-2-4-20(19)30/h1-5,8,11,17,21H,6-7,9-10,12-14H2. The number of hydrogen-bond donors (Lipinski definition) is 0. The van der Waals surface area contributed by atoms with E-state index in [1.807, 2.05) is 24.3 Å². The third-order valence-corrected chi connectivity index (χ3v) is 6.94. The maximum Gasteiger partial charge on any atom is 0.262 e. The molecule has 2 aliphatic heterocycles. The van der Waals surface area contributed by atoms with E-state index in [1.165, 1.54) is 4.90 Å². The van der Waals surface area contributed by atoms with Crippen LogP contribution in [0.3, 0.4) is 0 Å². The van der Waals surface area contributed by atoms with Gasteiger partial charge in [-0.3, -0.25) is 9.69 Å². The molecule has 3 aliphatic rings. The van der Waals surface area contributed by atoms with Crippen LogP contribution in [0.5, 0.6) is 0 Å². The van der Waals surface area contributed by atoms with Gasteiger partial charge in [0.05, 0.1) is 24.0 Å². The molecule has 0 radical (unpaired) electrons. The van der Waals surface area contributed by atoms with E-state index < -0.39 is 24.9 Å². The lowest BCUT2D eigenvalue weighted by molar-refractivity contribution is -0.123. The van der Waals surface area contributed by atoms with Gasteiger partial charge >= 0.3 is 0 Å². The number of hydrogen-bond acceptors (Lipinski definition) is 3. The van der Waals surface area contributed by atoms with Crippen molar-refractivity contribution in [2.45, 2.75) is 43.8 Å². The number of carbonyl (C=O) groups excluding carboxylic acids is 1. The van der Waals surface area contributed by atoms with Crippen molar-refractivity contribution in [3.05, 3.63) is 58.1 Å². The summed E-state index contributed by atoms with van der Waals surface area (Å²) >= 11 is 12.3. The fraction of sp³-hybridized carbons (Fsp3) is 0.435. The van der Waals surface area contributed by atoms with Crippen molar-refractivity contribution in [2.24, 2.45) is 0 Å². The highest BCUT2D eigenvalue weighted by atomic mass is 35.5. The minimum atomic E-state index is -2.93. The summed E-state index contributed by atoms with van der Waals surface area (Å²) in [5, 5.41) is 0.938. The molecule has 1 unspecified atom stereocenters. The Balaban J connectivity index is 1.42. The molecule has 5 rings (SSSR count). The summed E-state index contributed by atoms with van der Waals surface area (Å²) in [5.41, 5.74) is 2.46. The summed E-state index contributed by atoms with van der Waals surface area (Å²) in [4.78, 5) is 19.1. The number of halogens is 4. The fourth-order valence-corrected chi connectivity index (χ4v) is 5.11. The zero-order valence-corrected chi connectivity index (χ0v) is 18.4. The van der Waals surface area contributed by atoms with Crippen LogP contribution in [0.2, 0.25) is 10.0 Å². The second-order valence-electron chi connectivity index (χ2n) is 8.62. The molecule has 1 saturated carbocycles. The summed E-state index contributed by atoms with van der Waals surface area (Å²) in [7, 11) is 0. The number of benzene rings is 2. The van der Waals surface area contributed by atoms with Gasteiger partial charge in [0, 0.05) is 42.1 Å². The van der Waals surface area contributed by atoms with Crippen LogP contribution in [0.1, 0.15) is 24.8 Å². The van der Waals surface area contributed by atoms with Crippen molar-refractivity contribution in [1.29, 1.82) is 0 Å². The predicted octanol–water partition coefficient (Wildman–Crippen LogP) is 5.22. The lowest BCUT2D eigenvalue weighted by Crippen LogP contribution is -2.51. The van der Waals surface area contributed by atoms with Crippen LogP contribution in [0.15, 0.2) is 42.5 Å². The summed E-state index contributed by atoms with van der Waals surface area (Å²) in [6, 6.07) is 12.4. The van der Waals surface area contributed by atoms with E-state index in [4.69, 9.17) is 23.2 Å². The zero-order valence-electron chi connectivity index (χ0n) is 16.9. The number of rotatable bonds is 4. The average Bonchev–Trinajstić information content (AvgIpc) is 3.53. The molecule has 1 atom stereocenters. The molecule has 164 valence electrons. The summed E-state index contributed by atoms with van der Waals surface area (Å²) in [6.45, 7) is 0.891. The Kier molecular flexibility index (Phi) is 5.35. The molecule has 2 aromatic rings. The Bertz CT molecular complexity index is 1010. The van der Waals surface area contributed by atoms with Crippen LogP contribution < -0.4 is 9.80 Å². The van der Waals surface area contributed by atoms with E-state index in [0.717, 1.165) is 30.8 Å². The van der Waals surface area contributed by atoms with E-state index in [1.54, 1.807) is 23.1 Å². The van der Waals surface area contributed by atoms with Crippen molar-refractivity contribution < 1.29 is 13.6 Å². The molecule has 2 aromatic carbocycles. The number of nitrogens with zero attached hydrogens (tertiary/aromatic N) is 3. The van der Waals surface area contributed by atoms with Crippen molar-refractivity contribution in [2.75, 3.05) is 29.4 Å². The van der Waals surface area contributed by atoms with Gasteiger partial charge in [-0.05, 0) is 48.7 Å². The Morgan fingerprint density at radius 1 is 1.06 bits per heavy atom. The average molecular weight is 466 g/mol. The molecule has 2 fully saturated rings. The summed E-state index contributed by atoms with van der Waals surface area (Å²) in [5.74, 6) is -3.21. The van der Waals surface area contributed by atoms with Gasteiger partial charge in [0.1, 0.15) is 0 Å². The molecular weight excluding hydrogens is 443 g/mol. The number of alkyl halides is 2. The first-order valence-electron chi connectivity index (χ1n) is 10.6. The van der Waals surface area contributed by atoms with Crippen LogP contribution in [-0.2, 0) is 11.3 Å². The number of carbonyl (C=O) groups is 1. The van der Waals surface area contributed by atoms with Crippen LogP contribution in [0.25, 0.3) is 0 Å². The maximum absolute atomic E-state index is 14.4. The highest BCUT2D eigenvalue weighted by Gasteiger charge is 2.50. The van der Waals surface area contributed by atoms with Gasteiger partial charge in [-0.1, -0.05) is 35.3 Å². The molecule has 0 bridgehead atoms. The van der Waals surface area contributed by atoms with Gasteiger partial charge in [0.15, 0.2) is 0 Å². The van der Waals surface area contributed by atoms with E-state index in [-0.39, 0.29) is 12.5 Å².